The normalized spacial score (nSPS) is 24.8. The zero-order valence-corrected chi connectivity index (χ0v) is 5.44. The topological polar surface area (TPSA) is 65.2 Å². The maximum Gasteiger partial charge on any atom is 0.200 e. The van der Waals surface area contributed by atoms with Crippen LogP contribution >= 0.6 is 0 Å². The van der Waals surface area contributed by atoms with E-state index in [1.807, 2.05) is 0 Å². The summed E-state index contributed by atoms with van der Waals surface area (Å²) in [4.78, 5) is 3.79. The van der Waals surface area contributed by atoms with Crippen LogP contribution in [0, 0.1) is 11.5 Å². The molecule has 4 nitrogen and oxygen atoms in total. The smallest absolute Gasteiger partial charge is 0.200 e. The van der Waals surface area contributed by atoms with E-state index in [-0.39, 0.29) is 0 Å². The molecule has 1 aliphatic rings. The molecule has 1 atom stereocenters. The fourth-order valence-electron chi connectivity index (χ4n) is 0.543. The molecule has 1 rings (SSSR count). The van der Waals surface area contributed by atoms with Gasteiger partial charge in [-0.25, -0.2) is 0 Å². The van der Waals surface area contributed by atoms with Crippen LogP contribution in [-0.4, -0.2) is 21.7 Å². The first-order chi connectivity index (χ1) is 4.34. The van der Waals surface area contributed by atoms with E-state index >= 15 is 0 Å². The highest BCUT2D eigenvalue weighted by Gasteiger charge is 2.13. The third kappa shape index (κ3) is 1.27. The Labute approximate surface area is 55.0 Å². The molecule has 0 aromatic rings. The van der Waals surface area contributed by atoms with E-state index in [1.54, 1.807) is 6.19 Å². The van der Waals surface area contributed by atoms with Crippen LogP contribution in [0.4, 0.5) is 0 Å². The Bertz CT molecular complexity index is 204. The number of hydrogen-bond donors (Lipinski definition) is 1. The molecule has 0 bridgehead atoms. The van der Waals surface area contributed by atoms with Gasteiger partial charge < -0.3 is 0 Å². The molecule has 5 heteroatoms. The van der Waals surface area contributed by atoms with Crippen LogP contribution in [0.1, 0.15) is 0 Å². The van der Waals surface area contributed by atoms with Gasteiger partial charge in [0.15, 0.2) is 6.19 Å². The van der Waals surface area contributed by atoms with E-state index in [0.717, 1.165) is 0 Å². The number of nitrogens with zero attached hydrogens (tertiary/aromatic N) is 2. The van der Waals surface area contributed by atoms with Gasteiger partial charge in [0.1, 0.15) is 0 Å². The summed E-state index contributed by atoms with van der Waals surface area (Å²) in [5, 5.41) is 10.6. The number of amidine groups is 1. The van der Waals surface area contributed by atoms with Crippen LogP contribution in [0.5, 0.6) is 0 Å². The Morgan fingerprint density at radius 1 is 1.89 bits per heavy atom. The molecule has 0 saturated carbocycles. The molecule has 0 radical (unpaired) electrons. The summed E-state index contributed by atoms with van der Waals surface area (Å²) in [7, 11) is -1.04. The maximum absolute atomic E-state index is 10.7. The van der Waals surface area contributed by atoms with Gasteiger partial charge in [-0.15, -0.1) is 0 Å². The van der Waals surface area contributed by atoms with Crippen molar-refractivity contribution >= 4 is 16.0 Å². The molecular formula is C4H5N3OS. The van der Waals surface area contributed by atoms with Crippen molar-refractivity contribution in [3.8, 4) is 6.19 Å². The first kappa shape index (κ1) is 6.23. The monoisotopic (exact) mass is 143 g/mol. The minimum absolute atomic E-state index is 0.317. The van der Waals surface area contributed by atoms with E-state index < -0.39 is 10.8 Å². The van der Waals surface area contributed by atoms with E-state index in [1.165, 1.54) is 0 Å². The number of aliphatic imine (C=N–C) groups is 1. The summed E-state index contributed by atoms with van der Waals surface area (Å²) in [5.41, 5.74) is 0. The van der Waals surface area contributed by atoms with Crippen molar-refractivity contribution < 1.29 is 4.21 Å². The van der Waals surface area contributed by atoms with Gasteiger partial charge in [0.25, 0.3) is 0 Å². The minimum atomic E-state index is -1.04. The third-order valence-corrected chi connectivity index (χ3v) is 2.13. The average molecular weight is 143 g/mol. The number of nitrogens with one attached hydrogen (secondary N) is 1. The van der Waals surface area contributed by atoms with Gasteiger partial charge in [0.05, 0.1) is 23.1 Å². The fraction of sp³-hybridized carbons (Fsp3) is 0.500. The maximum atomic E-state index is 10.7. The highest BCUT2D eigenvalue weighted by molar-refractivity contribution is 8.00. The molecule has 0 fully saturated rings. The van der Waals surface area contributed by atoms with Crippen LogP contribution in [0.3, 0.4) is 0 Å². The van der Waals surface area contributed by atoms with Gasteiger partial charge in [0, 0.05) is 0 Å². The van der Waals surface area contributed by atoms with E-state index in [2.05, 4.69) is 10.3 Å². The molecule has 0 amide bonds. The first-order valence-corrected chi connectivity index (χ1v) is 3.74. The summed E-state index contributed by atoms with van der Waals surface area (Å²) in [6.07, 6.45) is 1.67. The van der Waals surface area contributed by atoms with Crippen molar-refractivity contribution in [1.82, 2.24) is 5.32 Å². The SMILES string of the molecule is N#CNC1=NCCS1=O. The lowest BCUT2D eigenvalue weighted by Gasteiger charge is -1.89. The van der Waals surface area contributed by atoms with Crippen molar-refractivity contribution in [2.75, 3.05) is 12.3 Å². The molecule has 1 N–H and O–H groups in total. The summed E-state index contributed by atoms with van der Waals surface area (Å²) < 4.78 is 10.7. The van der Waals surface area contributed by atoms with Gasteiger partial charge in [-0.3, -0.25) is 14.5 Å². The van der Waals surface area contributed by atoms with Gasteiger partial charge in [0.2, 0.25) is 5.17 Å². The van der Waals surface area contributed by atoms with Gasteiger partial charge in [-0.1, -0.05) is 0 Å². The number of nitriles is 1. The van der Waals surface area contributed by atoms with Crippen molar-refractivity contribution in [2.24, 2.45) is 4.99 Å². The second-order valence-corrected chi connectivity index (χ2v) is 2.96. The van der Waals surface area contributed by atoms with E-state index in [0.29, 0.717) is 17.5 Å². The Balaban J connectivity index is 2.60. The van der Waals surface area contributed by atoms with Crippen LogP contribution in [0.15, 0.2) is 4.99 Å². The van der Waals surface area contributed by atoms with Gasteiger partial charge in [-0.05, 0) is 0 Å². The highest BCUT2D eigenvalue weighted by atomic mass is 32.2. The molecular weight excluding hydrogens is 138 g/mol. The lowest BCUT2D eigenvalue weighted by atomic mass is 10.8. The molecule has 1 aliphatic heterocycles. The van der Waals surface area contributed by atoms with Crippen LogP contribution in [0.25, 0.3) is 0 Å². The van der Waals surface area contributed by atoms with Crippen molar-refractivity contribution in [2.45, 2.75) is 0 Å². The first-order valence-electron chi connectivity index (χ1n) is 2.42. The largest absolute Gasteiger partial charge is 0.270 e. The average Bonchev–Trinajstić information content (AvgIpc) is 2.18. The van der Waals surface area contributed by atoms with Gasteiger partial charge >= 0.3 is 0 Å². The fourth-order valence-corrected chi connectivity index (χ4v) is 1.39. The number of hydrogen-bond acceptors (Lipinski definition) is 4. The predicted molar refractivity (Wildman–Crippen MR) is 34.1 cm³/mol. The summed E-state index contributed by atoms with van der Waals surface area (Å²) >= 11 is 0. The summed E-state index contributed by atoms with van der Waals surface area (Å²) in [6.45, 7) is 0.566. The Hall–Kier alpha value is -0.890. The zero-order chi connectivity index (χ0) is 6.69. The predicted octanol–water partition coefficient (Wildman–Crippen LogP) is -0.825. The Morgan fingerprint density at radius 2 is 2.67 bits per heavy atom. The molecule has 0 aromatic carbocycles. The lowest BCUT2D eigenvalue weighted by molar-refractivity contribution is 0.690. The van der Waals surface area contributed by atoms with Crippen LogP contribution in [0.2, 0.25) is 0 Å². The number of rotatable bonds is 0. The Morgan fingerprint density at radius 3 is 3.11 bits per heavy atom. The second kappa shape index (κ2) is 2.60. The summed E-state index contributed by atoms with van der Waals surface area (Å²) in [6, 6.07) is 0. The van der Waals surface area contributed by atoms with E-state index in [9.17, 15) is 4.21 Å². The van der Waals surface area contributed by atoms with Crippen molar-refractivity contribution in [3.63, 3.8) is 0 Å². The minimum Gasteiger partial charge on any atom is -0.270 e. The molecule has 1 heterocycles. The second-order valence-electron chi connectivity index (χ2n) is 1.47. The quantitative estimate of drug-likeness (QED) is 0.356. The summed E-state index contributed by atoms with van der Waals surface area (Å²) in [5.74, 6) is 0.546. The van der Waals surface area contributed by atoms with Crippen LogP contribution in [-0.2, 0) is 10.8 Å². The molecule has 9 heavy (non-hydrogen) atoms. The molecule has 48 valence electrons. The van der Waals surface area contributed by atoms with Crippen LogP contribution < -0.4 is 5.32 Å². The molecule has 1 unspecified atom stereocenters. The lowest BCUT2D eigenvalue weighted by Crippen LogP contribution is -2.20. The Kier molecular flexibility index (Phi) is 1.80. The highest BCUT2D eigenvalue weighted by Crippen LogP contribution is 1.94. The van der Waals surface area contributed by atoms with Crippen molar-refractivity contribution in [1.29, 1.82) is 5.26 Å². The zero-order valence-electron chi connectivity index (χ0n) is 4.63. The van der Waals surface area contributed by atoms with Crippen molar-refractivity contribution in [3.05, 3.63) is 0 Å². The molecule has 0 aromatic heterocycles. The molecule has 0 spiro atoms. The third-order valence-electron chi connectivity index (χ3n) is 0.911. The van der Waals surface area contributed by atoms with Gasteiger partial charge in [-0.2, -0.15) is 5.26 Å². The molecule has 0 aliphatic carbocycles. The standard InChI is InChI=1S/C4H5N3OS/c5-3-7-4-6-1-2-9(4)8/h1-2H2,(H,6,7). The van der Waals surface area contributed by atoms with E-state index in [4.69, 9.17) is 5.26 Å². The molecule has 0 saturated heterocycles.